The highest BCUT2D eigenvalue weighted by atomic mass is 32.3. The Bertz CT molecular complexity index is 1880. The molecule has 0 atom stereocenters. The molecule has 20 heteroatoms. The fourth-order valence-corrected chi connectivity index (χ4v) is 6.00. The Morgan fingerprint density at radius 3 is 1.92 bits per heavy atom. The highest BCUT2D eigenvalue weighted by Gasteiger charge is 2.25. The molecule has 0 spiro atoms. The van der Waals surface area contributed by atoms with E-state index in [4.69, 9.17) is 4.55 Å². The lowest BCUT2D eigenvalue weighted by Gasteiger charge is -2.13. The number of benzene rings is 3. The molecule has 0 amide bonds. The van der Waals surface area contributed by atoms with E-state index in [9.17, 15) is 47.9 Å². The zero-order valence-electron chi connectivity index (χ0n) is 18.7. The van der Waals surface area contributed by atoms with Crippen molar-refractivity contribution < 1.29 is 56.6 Å². The molecule has 0 aromatic heterocycles. The van der Waals surface area contributed by atoms with Crippen LogP contribution in [0.4, 0.5) is 17.1 Å². The summed E-state index contributed by atoms with van der Waals surface area (Å²) in [5.41, 5.74) is -0.905. The minimum absolute atomic E-state index is 0.0624. The summed E-state index contributed by atoms with van der Waals surface area (Å²) in [6, 6.07) is 6.69. The van der Waals surface area contributed by atoms with Crippen LogP contribution in [0.2, 0.25) is 0 Å². The molecule has 3 aromatic carbocycles. The van der Waals surface area contributed by atoms with E-state index < -0.39 is 72.5 Å². The summed E-state index contributed by atoms with van der Waals surface area (Å²) in [6.07, 6.45) is 0. The summed E-state index contributed by atoms with van der Waals surface area (Å²) in [6.45, 7) is 0. The molecule has 0 bridgehead atoms. The molecule has 0 unspecified atom stereocenters. The SMILES string of the molecule is CNc1cc(S(=O)(=O)O)cc2cc(S(=O)(=O)O)c(N=Nc3ccc(S(=O)(=O)COS(=O)(=O)O)cc3)c(O)c12. The number of anilines is 1. The fraction of sp³-hybridized carbons (Fsp3) is 0.111. The van der Waals surface area contributed by atoms with Crippen LogP contribution in [0.1, 0.15) is 0 Å². The van der Waals surface area contributed by atoms with E-state index in [1.807, 2.05) is 0 Å². The van der Waals surface area contributed by atoms with E-state index in [2.05, 4.69) is 19.7 Å². The molecule has 0 heterocycles. The summed E-state index contributed by atoms with van der Waals surface area (Å²) in [5, 5.41) is 20.4. The number of nitrogens with zero attached hydrogens (tertiary/aromatic N) is 2. The van der Waals surface area contributed by atoms with E-state index >= 15 is 0 Å². The molecular weight excluding hydrogens is 594 g/mol. The van der Waals surface area contributed by atoms with Crippen LogP contribution < -0.4 is 5.32 Å². The van der Waals surface area contributed by atoms with Gasteiger partial charge < -0.3 is 10.4 Å². The second-order valence-electron chi connectivity index (χ2n) is 7.31. The van der Waals surface area contributed by atoms with E-state index in [0.29, 0.717) is 0 Å². The number of aromatic hydroxyl groups is 1. The van der Waals surface area contributed by atoms with Gasteiger partial charge in [-0.3, -0.25) is 13.7 Å². The third-order valence-electron chi connectivity index (χ3n) is 4.78. The quantitative estimate of drug-likeness (QED) is 0.171. The van der Waals surface area contributed by atoms with Crippen LogP contribution >= 0.6 is 0 Å². The summed E-state index contributed by atoms with van der Waals surface area (Å²) in [4.78, 5) is -2.04. The van der Waals surface area contributed by atoms with Crippen molar-refractivity contribution in [2.24, 2.45) is 10.2 Å². The molecule has 206 valence electrons. The second-order valence-corrected chi connectivity index (χ2v) is 13.2. The van der Waals surface area contributed by atoms with Crippen LogP contribution in [-0.2, 0) is 44.7 Å². The van der Waals surface area contributed by atoms with Gasteiger partial charge in [-0.1, -0.05) is 0 Å². The zero-order valence-corrected chi connectivity index (χ0v) is 22.0. The third-order valence-corrected chi connectivity index (χ3v) is 8.46. The number of nitrogens with one attached hydrogen (secondary N) is 1. The maximum Gasteiger partial charge on any atom is 0.398 e. The summed E-state index contributed by atoms with van der Waals surface area (Å²) >= 11 is 0. The van der Waals surface area contributed by atoms with Crippen molar-refractivity contribution in [3.05, 3.63) is 42.5 Å². The largest absolute Gasteiger partial charge is 0.505 e. The van der Waals surface area contributed by atoms with Crippen molar-refractivity contribution in [1.82, 2.24) is 0 Å². The molecule has 5 N–H and O–H groups in total. The summed E-state index contributed by atoms with van der Waals surface area (Å²) < 4.78 is 124. The average molecular weight is 612 g/mol. The molecule has 0 aliphatic rings. The Labute approximate surface area is 216 Å². The van der Waals surface area contributed by atoms with Gasteiger partial charge in [-0.2, -0.15) is 30.4 Å². The molecule has 16 nitrogen and oxygen atoms in total. The van der Waals surface area contributed by atoms with Crippen LogP contribution in [0.25, 0.3) is 10.8 Å². The molecule has 0 aliphatic heterocycles. The van der Waals surface area contributed by atoms with E-state index in [0.717, 1.165) is 42.5 Å². The van der Waals surface area contributed by atoms with Crippen molar-refractivity contribution in [3.63, 3.8) is 0 Å². The first-order valence-electron chi connectivity index (χ1n) is 9.66. The van der Waals surface area contributed by atoms with Gasteiger partial charge in [-0.15, -0.1) is 5.11 Å². The minimum Gasteiger partial charge on any atom is -0.505 e. The van der Waals surface area contributed by atoms with E-state index in [-0.39, 0.29) is 22.1 Å². The van der Waals surface area contributed by atoms with Gasteiger partial charge in [0.2, 0.25) is 9.84 Å². The minimum atomic E-state index is -5.07. The van der Waals surface area contributed by atoms with Crippen molar-refractivity contribution >= 4 is 68.3 Å². The molecule has 3 aromatic rings. The van der Waals surface area contributed by atoms with Crippen molar-refractivity contribution in [2.45, 2.75) is 14.7 Å². The maximum atomic E-state index is 12.1. The lowest BCUT2D eigenvalue weighted by atomic mass is 10.1. The number of fused-ring (bicyclic) bond motifs is 1. The Morgan fingerprint density at radius 2 is 1.42 bits per heavy atom. The summed E-state index contributed by atoms with van der Waals surface area (Å²) in [5.74, 6) is -2.23. The molecule has 38 heavy (non-hydrogen) atoms. The van der Waals surface area contributed by atoms with Gasteiger partial charge in [0.25, 0.3) is 20.2 Å². The van der Waals surface area contributed by atoms with E-state index in [1.165, 1.54) is 7.05 Å². The van der Waals surface area contributed by atoms with Crippen LogP contribution in [0.15, 0.2) is 67.4 Å². The Balaban J connectivity index is 2.12. The molecule has 0 radical (unpaired) electrons. The number of azo groups is 1. The number of hydrogen-bond donors (Lipinski definition) is 5. The van der Waals surface area contributed by atoms with E-state index in [1.54, 1.807) is 0 Å². The first-order valence-corrected chi connectivity index (χ1v) is 15.6. The molecule has 3 rings (SSSR count). The number of sulfone groups is 1. The predicted octanol–water partition coefficient (Wildman–Crippen LogP) is 2.05. The lowest BCUT2D eigenvalue weighted by Crippen LogP contribution is -2.14. The zero-order chi connectivity index (χ0) is 28.7. The van der Waals surface area contributed by atoms with Gasteiger partial charge in [-0.25, -0.2) is 12.6 Å². The Morgan fingerprint density at radius 1 is 0.816 bits per heavy atom. The van der Waals surface area contributed by atoms with Crippen LogP contribution in [0.5, 0.6) is 5.75 Å². The van der Waals surface area contributed by atoms with Crippen LogP contribution in [0.3, 0.4) is 0 Å². The first kappa shape index (κ1) is 29.3. The number of hydrogen-bond acceptors (Lipinski definition) is 13. The van der Waals surface area contributed by atoms with Crippen LogP contribution in [0, 0.1) is 0 Å². The highest BCUT2D eigenvalue weighted by Crippen LogP contribution is 2.45. The topological polar surface area (TPSA) is 263 Å². The van der Waals surface area contributed by atoms with Gasteiger partial charge in [0.15, 0.2) is 11.7 Å². The monoisotopic (exact) mass is 611 g/mol. The van der Waals surface area contributed by atoms with Crippen molar-refractivity contribution in [2.75, 3.05) is 18.3 Å². The number of phenols is 1. The molecule has 0 fully saturated rings. The smallest absolute Gasteiger partial charge is 0.398 e. The second kappa shape index (κ2) is 10.1. The molecule has 0 saturated carbocycles. The average Bonchev–Trinajstić information content (AvgIpc) is 2.80. The molecule has 0 aliphatic carbocycles. The summed E-state index contributed by atoms with van der Waals surface area (Å²) in [7, 11) is -17.8. The molecular formula is C18H17N3O13S4. The van der Waals surface area contributed by atoms with Gasteiger partial charge in [0.1, 0.15) is 10.6 Å². The Kier molecular flexibility index (Phi) is 7.83. The predicted molar refractivity (Wildman–Crippen MR) is 130 cm³/mol. The van der Waals surface area contributed by atoms with Gasteiger partial charge >= 0.3 is 10.4 Å². The molecule has 0 saturated heterocycles. The van der Waals surface area contributed by atoms with Crippen molar-refractivity contribution in [1.29, 1.82) is 0 Å². The highest BCUT2D eigenvalue weighted by molar-refractivity contribution is 7.92. The van der Waals surface area contributed by atoms with Crippen molar-refractivity contribution in [3.8, 4) is 5.75 Å². The normalized spacial score (nSPS) is 13.3. The van der Waals surface area contributed by atoms with Gasteiger partial charge in [-0.05, 0) is 47.9 Å². The standard InChI is InChI=1S/C18H17N3O13S4/c1-19-14-8-13(36(25,26)27)6-10-7-15(37(28,29)30)17(18(22)16(10)14)21-20-11-2-4-12(5-3-11)35(23,24)9-34-38(31,32)33/h2-8,19,22H,9H2,1H3,(H,25,26,27)(H,28,29,30)(H,31,32,33). The fourth-order valence-electron chi connectivity index (χ4n) is 3.12. The van der Waals surface area contributed by atoms with Crippen LogP contribution in [-0.4, -0.2) is 65.4 Å². The van der Waals surface area contributed by atoms with Gasteiger partial charge in [0, 0.05) is 18.1 Å². The number of rotatable bonds is 9. The lowest BCUT2D eigenvalue weighted by molar-refractivity contribution is 0.306. The van der Waals surface area contributed by atoms with Gasteiger partial charge in [0.05, 0.1) is 15.5 Å². The first-order chi connectivity index (χ1) is 17.3. The Hall–Kier alpha value is -3.24. The third kappa shape index (κ3) is 6.60. The number of phenolic OH excluding ortho intramolecular Hbond substituents is 1. The maximum absolute atomic E-state index is 12.1.